The molecule has 5 nitrogen and oxygen atoms in total. The first kappa shape index (κ1) is 12.3. The summed E-state index contributed by atoms with van der Waals surface area (Å²) in [5, 5.41) is 8.86. The van der Waals surface area contributed by atoms with Crippen molar-refractivity contribution < 1.29 is 14.6 Å². The standard InChI is InChI=1S/C12H18N2O3/c1-14-4-5-16-12(7-14)9-17-11-3-2-10(8-15)13-6-11/h2-3,6,12,15H,4-5,7-9H2,1H3. The van der Waals surface area contributed by atoms with Crippen LogP contribution in [0.1, 0.15) is 5.69 Å². The molecule has 0 bridgehead atoms. The third-order valence-corrected chi connectivity index (χ3v) is 2.74. The van der Waals surface area contributed by atoms with Gasteiger partial charge in [0.2, 0.25) is 0 Å². The molecule has 1 aromatic rings. The summed E-state index contributed by atoms with van der Waals surface area (Å²) in [5.74, 6) is 0.707. The van der Waals surface area contributed by atoms with Crippen LogP contribution in [-0.2, 0) is 11.3 Å². The molecule has 1 aliphatic heterocycles. The zero-order chi connectivity index (χ0) is 12.1. The molecule has 0 aliphatic carbocycles. The number of likely N-dealkylation sites (N-methyl/N-ethyl adjacent to an activating group) is 1. The second kappa shape index (κ2) is 5.95. The largest absolute Gasteiger partial charge is 0.489 e. The molecule has 5 heteroatoms. The Kier molecular flexibility index (Phi) is 4.30. The van der Waals surface area contributed by atoms with Gasteiger partial charge in [0.05, 0.1) is 25.1 Å². The molecule has 0 radical (unpaired) electrons. The summed E-state index contributed by atoms with van der Waals surface area (Å²) in [7, 11) is 2.08. The monoisotopic (exact) mass is 238 g/mol. The molecule has 1 fully saturated rings. The van der Waals surface area contributed by atoms with Gasteiger partial charge >= 0.3 is 0 Å². The Morgan fingerprint density at radius 1 is 1.59 bits per heavy atom. The van der Waals surface area contributed by atoms with Gasteiger partial charge in [-0.3, -0.25) is 4.98 Å². The first-order valence-corrected chi connectivity index (χ1v) is 5.76. The predicted molar refractivity (Wildman–Crippen MR) is 62.9 cm³/mol. The fourth-order valence-corrected chi connectivity index (χ4v) is 1.75. The van der Waals surface area contributed by atoms with Gasteiger partial charge in [0.15, 0.2) is 0 Å². The molecule has 1 N–H and O–H groups in total. The van der Waals surface area contributed by atoms with Crippen LogP contribution in [-0.4, -0.2) is 54.4 Å². The van der Waals surface area contributed by atoms with Crippen LogP contribution in [0.2, 0.25) is 0 Å². The smallest absolute Gasteiger partial charge is 0.137 e. The Hall–Kier alpha value is -1.17. The van der Waals surface area contributed by atoms with Crippen LogP contribution in [0.25, 0.3) is 0 Å². The third-order valence-electron chi connectivity index (χ3n) is 2.74. The zero-order valence-electron chi connectivity index (χ0n) is 10.0. The van der Waals surface area contributed by atoms with E-state index in [0.29, 0.717) is 18.1 Å². The molecule has 1 saturated heterocycles. The molecule has 17 heavy (non-hydrogen) atoms. The van der Waals surface area contributed by atoms with Crippen molar-refractivity contribution in [2.75, 3.05) is 33.4 Å². The normalized spacial score (nSPS) is 21.4. The van der Waals surface area contributed by atoms with Crippen molar-refractivity contribution in [2.45, 2.75) is 12.7 Å². The van der Waals surface area contributed by atoms with Crippen molar-refractivity contribution in [1.29, 1.82) is 0 Å². The number of pyridine rings is 1. The van der Waals surface area contributed by atoms with Crippen molar-refractivity contribution in [3.05, 3.63) is 24.0 Å². The minimum atomic E-state index is -0.0448. The van der Waals surface area contributed by atoms with Crippen molar-refractivity contribution in [3.8, 4) is 5.75 Å². The maximum absolute atomic E-state index is 8.86. The highest BCUT2D eigenvalue weighted by Gasteiger charge is 2.18. The molecule has 0 spiro atoms. The van der Waals surface area contributed by atoms with E-state index < -0.39 is 0 Å². The highest BCUT2D eigenvalue weighted by atomic mass is 16.5. The van der Waals surface area contributed by atoms with Crippen molar-refractivity contribution in [2.24, 2.45) is 0 Å². The number of rotatable bonds is 4. The number of morpholine rings is 1. The quantitative estimate of drug-likeness (QED) is 0.816. The van der Waals surface area contributed by atoms with Crippen molar-refractivity contribution >= 4 is 0 Å². The van der Waals surface area contributed by atoms with Crippen molar-refractivity contribution in [1.82, 2.24) is 9.88 Å². The average molecular weight is 238 g/mol. The van der Waals surface area contributed by atoms with Gasteiger partial charge in [-0.15, -0.1) is 0 Å². The van der Waals surface area contributed by atoms with Gasteiger partial charge in [0.25, 0.3) is 0 Å². The maximum atomic E-state index is 8.86. The Labute approximate surface area is 101 Å². The summed E-state index contributed by atoms with van der Waals surface area (Å²) in [4.78, 5) is 6.28. The lowest BCUT2D eigenvalue weighted by atomic mass is 10.3. The minimum absolute atomic E-state index is 0.0448. The lowest BCUT2D eigenvalue weighted by Gasteiger charge is -2.29. The number of aliphatic hydroxyl groups excluding tert-OH is 1. The van der Waals surface area contributed by atoms with Gasteiger partial charge in [-0.05, 0) is 19.2 Å². The van der Waals surface area contributed by atoms with E-state index in [1.54, 1.807) is 12.3 Å². The molecule has 2 rings (SSSR count). The van der Waals surface area contributed by atoms with Gasteiger partial charge in [-0.25, -0.2) is 0 Å². The summed E-state index contributed by atoms with van der Waals surface area (Å²) in [5.41, 5.74) is 0.644. The molecule has 0 aromatic carbocycles. The molecule has 1 aliphatic rings. The topological polar surface area (TPSA) is 54.8 Å². The number of nitrogens with zero attached hydrogens (tertiary/aromatic N) is 2. The van der Waals surface area contributed by atoms with E-state index in [2.05, 4.69) is 16.9 Å². The van der Waals surface area contributed by atoms with E-state index >= 15 is 0 Å². The molecule has 2 heterocycles. The van der Waals surface area contributed by atoms with Crippen LogP contribution in [0.3, 0.4) is 0 Å². The van der Waals surface area contributed by atoms with E-state index in [1.807, 2.05) is 6.07 Å². The van der Waals surface area contributed by atoms with Crippen LogP contribution in [0.4, 0.5) is 0 Å². The second-order valence-electron chi connectivity index (χ2n) is 4.21. The summed E-state index contributed by atoms with van der Waals surface area (Å²) in [6, 6.07) is 3.56. The molecule has 0 saturated carbocycles. The van der Waals surface area contributed by atoms with Gasteiger partial charge in [-0.1, -0.05) is 0 Å². The number of hydrogen-bond acceptors (Lipinski definition) is 5. The second-order valence-corrected chi connectivity index (χ2v) is 4.21. The molecule has 94 valence electrons. The fraction of sp³-hybridized carbons (Fsp3) is 0.583. The number of ether oxygens (including phenoxy) is 2. The van der Waals surface area contributed by atoms with E-state index in [4.69, 9.17) is 14.6 Å². The first-order valence-electron chi connectivity index (χ1n) is 5.76. The predicted octanol–water partition coefficient (Wildman–Crippen LogP) is 0.283. The van der Waals surface area contributed by atoms with E-state index in [-0.39, 0.29) is 12.7 Å². The molecule has 1 atom stereocenters. The summed E-state index contributed by atoms with van der Waals surface area (Å²) in [6.45, 7) is 3.11. The average Bonchev–Trinajstić information content (AvgIpc) is 2.37. The van der Waals surface area contributed by atoms with Crippen LogP contribution in [0.15, 0.2) is 18.3 Å². The van der Waals surface area contributed by atoms with E-state index in [9.17, 15) is 0 Å². The lowest BCUT2D eigenvalue weighted by Crippen LogP contribution is -2.42. The molecule has 1 aromatic heterocycles. The summed E-state index contributed by atoms with van der Waals surface area (Å²) >= 11 is 0. The van der Waals surface area contributed by atoms with Crippen LogP contribution in [0, 0.1) is 0 Å². The third kappa shape index (κ3) is 3.66. The molecular weight excluding hydrogens is 220 g/mol. The maximum Gasteiger partial charge on any atom is 0.137 e. The highest BCUT2D eigenvalue weighted by molar-refractivity contribution is 5.19. The minimum Gasteiger partial charge on any atom is -0.489 e. The molecule has 0 amide bonds. The highest BCUT2D eigenvalue weighted by Crippen LogP contribution is 2.11. The fourth-order valence-electron chi connectivity index (χ4n) is 1.75. The van der Waals surface area contributed by atoms with E-state index in [1.165, 1.54) is 0 Å². The van der Waals surface area contributed by atoms with Gasteiger partial charge in [0.1, 0.15) is 18.5 Å². The van der Waals surface area contributed by atoms with Gasteiger partial charge in [-0.2, -0.15) is 0 Å². The lowest BCUT2D eigenvalue weighted by molar-refractivity contribution is -0.0404. The van der Waals surface area contributed by atoms with Crippen LogP contribution in [0.5, 0.6) is 5.75 Å². The Bertz CT molecular complexity index is 342. The van der Waals surface area contributed by atoms with Gasteiger partial charge < -0.3 is 19.5 Å². The summed E-state index contributed by atoms with van der Waals surface area (Å²) < 4.78 is 11.2. The van der Waals surface area contributed by atoms with Crippen LogP contribution >= 0.6 is 0 Å². The SMILES string of the molecule is CN1CCOC(COc2ccc(CO)nc2)C1. The molecule has 1 unspecified atom stereocenters. The number of aromatic nitrogens is 1. The number of hydrogen-bond donors (Lipinski definition) is 1. The Balaban J connectivity index is 1.80. The Morgan fingerprint density at radius 3 is 3.12 bits per heavy atom. The summed E-state index contributed by atoms with van der Waals surface area (Å²) in [6.07, 6.45) is 1.74. The van der Waals surface area contributed by atoms with Crippen molar-refractivity contribution in [3.63, 3.8) is 0 Å². The first-order chi connectivity index (χ1) is 8.28. The van der Waals surface area contributed by atoms with Gasteiger partial charge in [0, 0.05) is 13.1 Å². The molecular formula is C12H18N2O3. The van der Waals surface area contributed by atoms with E-state index in [0.717, 1.165) is 19.7 Å². The Morgan fingerprint density at radius 2 is 2.47 bits per heavy atom. The van der Waals surface area contributed by atoms with Crippen LogP contribution < -0.4 is 4.74 Å². The number of aliphatic hydroxyl groups is 1. The zero-order valence-corrected chi connectivity index (χ0v) is 10.0.